The average molecular weight is 262 g/mol. The van der Waals surface area contributed by atoms with Gasteiger partial charge in [0.1, 0.15) is 0 Å². The summed E-state index contributed by atoms with van der Waals surface area (Å²) in [7, 11) is 0. The lowest BCUT2D eigenvalue weighted by Gasteiger charge is -2.16. The van der Waals surface area contributed by atoms with Gasteiger partial charge in [0.2, 0.25) is 0 Å². The van der Waals surface area contributed by atoms with Gasteiger partial charge in [-0.1, -0.05) is 41.9 Å². The zero-order chi connectivity index (χ0) is 9.84. The number of benzene rings is 1. The van der Waals surface area contributed by atoms with Crippen molar-refractivity contribution in [2.24, 2.45) is 0 Å². The van der Waals surface area contributed by atoms with Crippen LogP contribution >= 0.6 is 27.5 Å². The van der Waals surface area contributed by atoms with Crippen LogP contribution in [0.15, 0.2) is 28.7 Å². The Balaban J connectivity index is 2.77. The zero-order valence-electron chi connectivity index (χ0n) is 7.93. The third-order valence-electron chi connectivity index (χ3n) is 2.33. The average Bonchev–Trinajstić information content (AvgIpc) is 2.17. The van der Waals surface area contributed by atoms with E-state index in [-0.39, 0.29) is 5.38 Å². The molecular formula is C11H14BrCl. The molecule has 0 radical (unpaired) electrons. The molecule has 0 amide bonds. The van der Waals surface area contributed by atoms with E-state index < -0.39 is 0 Å². The highest BCUT2D eigenvalue weighted by Crippen LogP contribution is 2.26. The normalized spacial score (nSPS) is 15.4. The summed E-state index contributed by atoms with van der Waals surface area (Å²) in [5, 5.41) is 0.237. The minimum atomic E-state index is 0.237. The van der Waals surface area contributed by atoms with Crippen LogP contribution in [0.25, 0.3) is 0 Å². The molecule has 1 aromatic rings. The summed E-state index contributed by atoms with van der Waals surface area (Å²) < 4.78 is 1.12. The van der Waals surface area contributed by atoms with Crippen molar-refractivity contribution in [1.29, 1.82) is 0 Å². The molecule has 0 saturated carbocycles. The van der Waals surface area contributed by atoms with Gasteiger partial charge in [-0.2, -0.15) is 0 Å². The number of hydrogen-bond acceptors (Lipinski definition) is 0. The summed E-state index contributed by atoms with van der Waals surface area (Å²) in [6.45, 7) is 4.29. The second-order valence-corrected chi connectivity index (χ2v) is 4.74. The largest absolute Gasteiger partial charge is 0.122 e. The van der Waals surface area contributed by atoms with Crippen LogP contribution in [-0.4, -0.2) is 5.38 Å². The van der Waals surface area contributed by atoms with Crippen LogP contribution < -0.4 is 0 Å². The highest BCUT2D eigenvalue weighted by molar-refractivity contribution is 9.10. The monoisotopic (exact) mass is 260 g/mol. The molecule has 2 heteroatoms. The molecule has 0 bridgehead atoms. The predicted octanol–water partition coefficient (Wildman–Crippen LogP) is 4.57. The fraction of sp³-hybridized carbons (Fsp3) is 0.455. The molecular weight excluding hydrogens is 247 g/mol. The second-order valence-electron chi connectivity index (χ2n) is 3.26. The standard InChI is InChI=1S/C11H14BrCl/c1-3-11(13)8(2)9-4-6-10(12)7-5-9/h4-8,11H,3H2,1-2H3. The van der Waals surface area contributed by atoms with E-state index >= 15 is 0 Å². The molecule has 13 heavy (non-hydrogen) atoms. The molecule has 0 nitrogen and oxygen atoms in total. The molecule has 0 heterocycles. The summed E-state index contributed by atoms with van der Waals surface area (Å²) in [4.78, 5) is 0. The van der Waals surface area contributed by atoms with E-state index in [1.165, 1.54) is 5.56 Å². The van der Waals surface area contributed by atoms with Crippen LogP contribution in [0.5, 0.6) is 0 Å². The van der Waals surface area contributed by atoms with Crippen molar-refractivity contribution in [3.8, 4) is 0 Å². The van der Waals surface area contributed by atoms with E-state index in [1.54, 1.807) is 0 Å². The van der Waals surface area contributed by atoms with Crippen LogP contribution in [0.4, 0.5) is 0 Å². The lowest BCUT2D eigenvalue weighted by molar-refractivity contribution is 0.675. The summed E-state index contributed by atoms with van der Waals surface area (Å²) in [5.41, 5.74) is 1.31. The summed E-state index contributed by atoms with van der Waals surface area (Å²) in [5.74, 6) is 0.430. The first-order valence-corrected chi connectivity index (χ1v) is 5.77. The molecule has 0 aliphatic rings. The summed E-state index contributed by atoms with van der Waals surface area (Å²) in [6, 6.07) is 8.37. The quantitative estimate of drug-likeness (QED) is 0.699. The maximum absolute atomic E-state index is 6.18. The predicted molar refractivity (Wildman–Crippen MR) is 62.5 cm³/mol. The van der Waals surface area contributed by atoms with E-state index in [9.17, 15) is 0 Å². The minimum Gasteiger partial charge on any atom is -0.122 e. The Kier molecular flexibility index (Phi) is 4.27. The van der Waals surface area contributed by atoms with Gasteiger partial charge in [0.05, 0.1) is 0 Å². The highest BCUT2D eigenvalue weighted by atomic mass is 79.9. The molecule has 1 rings (SSSR count). The van der Waals surface area contributed by atoms with Crippen LogP contribution in [0.3, 0.4) is 0 Å². The van der Waals surface area contributed by atoms with Gasteiger partial charge in [0, 0.05) is 9.85 Å². The Morgan fingerprint density at radius 3 is 2.31 bits per heavy atom. The molecule has 0 aliphatic carbocycles. The van der Waals surface area contributed by atoms with Crippen LogP contribution in [0.1, 0.15) is 31.7 Å². The first-order valence-electron chi connectivity index (χ1n) is 4.54. The first-order chi connectivity index (χ1) is 6.15. The Morgan fingerprint density at radius 2 is 1.85 bits per heavy atom. The highest BCUT2D eigenvalue weighted by Gasteiger charge is 2.13. The third-order valence-corrected chi connectivity index (χ3v) is 3.54. The van der Waals surface area contributed by atoms with Gasteiger partial charge in [0.15, 0.2) is 0 Å². The fourth-order valence-corrected chi connectivity index (χ4v) is 1.74. The lowest BCUT2D eigenvalue weighted by Crippen LogP contribution is -2.07. The smallest absolute Gasteiger partial charge is 0.0399 e. The van der Waals surface area contributed by atoms with Crippen LogP contribution in [0, 0.1) is 0 Å². The molecule has 0 aromatic heterocycles. The first kappa shape index (κ1) is 11.1. The van der Waals surface area contributed by atoms with Crippen molar-refractivity contribution in [2.45, 2.75) is 31.6 Å². The molecule has 0 aliphatic heterocycles. The van der Waals surface area contributed by atoms with Gasteiger partial charge in [-0.25, -0.2) is 0 Å². The lowest BCUT2D eigenvalue weighted by atomic mass is 9.96. The molecule has 0 fully saturated rings. The van der Waals surface area contributed by atoms with E-state index in [1.807, 2.05) is 0 Å². The van der Waals surface area contributed by atoms with Crippen molar-refractivity contribution in [3.63, 3.8) is 0 Å². The third kappa shape index (κ3) is 2.99. The van der Waals surface area contributed by atoms with Gasteiger partial charge in [-0.05, 0) is 30.0 Å². The number of alkyl halides is 1. The van der Waals surface area contributed by atoms with E-state index in [4.69, 9.17) is 11.6 Å². The summed E-state index contributed by atoms with van der Waals surface area (Å²) in [6.07, 6.45) is 1.01. The van der Waals surface area contributed by atoms with E-state index in [0.717, 1.165) is 10.9 Å². The second kappa shape index (κ2) is 5.02. The van der Waals surface area contributed by atoms with Crippen molar-refractivity contribution in [1.82, 2.24) is 0 Å². The van der Waals surface area contributed by atoms with Crippen molar-refractivity contribution in [2.75, 3.05) is 0 Å². The topological polar surface area (TPSA) is 0 Å². The number of hydrogen-bond donors (Lipinski definition) is 0. The molecule has 0 N–H and O–H groups in total. The maximum Gasteiger partial charge on any atom is 0.0399 e. The van der Waals surface area contributed by atoms with E-state index in [0.29, 0.717) is 5.92 Å². The van der Waals surface area contributed by atoms with Crippen LogP contribution in [-0.2, 0) is 0 Å². The fourth-order valence-electron chi connectivity index (χ4n) is 1.33. The van der Waals surface area contributed by atoms with Gasteiger partial charge in [0.25, 0.3) is 0 Å². The van der Waals surface area contributed by atoms with Crippen molar-refractivity contribution >= 4 is 27.5 Å². The molecule has 72 valence electrons. The molecule has 0 saturated heterocycles. The van der Waals surface area contributed by atoms with Gasteiger partial charge in [-0.15, -0.1) is 11.6 Å². The van der Waals surface area contributed by atoms with Gasteiger partial charge < -0.3 is 0 Å². The Morgan fingerprint density at radius 1 is 1.31 bits per heavy atom. The van der Waals surface area contributed by atoms with Crippen molar-refractivity contribution in [3.05, 3.63) is 34.3 Å². The van der Waals surface area contributed by atoms with Gasteiger partial charge in [-0.3, -0.25) is 0 Å². The minimum absolute atomic E-state index is 0.237. The zero-order valence-corrected chi connectivity index (χ0v) is 10.3. The Hall–Kier alpha value is -0.0100. The van der Waals surface area contributed by atoms with Crippen LogP contribution in [0.2, 0.25) is 0 Å². The molecule has 1 aromatic carbocycles. The molecule has 2 atom stereocenters. The Labute approximate surface area is 93.4 Å². The SMILES string of the molecule is CCC(Cl)C(C)c1ccc(Br)cc1. The molecule has 2 unspecified atom stereocenters. The Bertz CT molecular complexity index is 255. The van der Waals surface area contributed by atoms with Crippen molar-refractivity contribution < 1.29 is 0 Å². The van der Waals surface area contributed by atoms with Gasteiger partial charge >= 0.3 is 0 Å². The maximum atomic E-state index is 6.18. The summed E-state index contributed by atoms with van der Waals surface area (Å²) >= 11 is 9.59. The molecule has 0 spiro atoms. The van der Waals surface area contributed by atoms with E-state index in [2.05, 4.69) is 54.0 Å². The number of halogens is 2. The number of rotatable bonds is 3.